The number of hydrogen-bond acceptors (Lipinski definition) is 3. The van der Waals surface area contributed by atoms with Crippen molar-refractivity contribution in [2.24, 2.45) is 0 Å². The van der Waals surface area contributed by atoms with Crippen molar-refractivity contribution in [1.82, 2.24) is 24.7 Å². The molecular formula is C15H11N5. The Hall–Kier alpha value is -2.95. The molecule has 3 heterocycles. The van der Waals surface area contributed by atoms with Gasteiger partial charge in [-0.05, 0) is 29.8 Å². The number of benzene rings is 1. The summed E-state index contributed by atoms with van der Waals surface area (Å²) in [5.74, 6) is 0. The summed E-state index contributed by atoms with van der Waals surface area (Å²) in [6, 6.07) is 10.0. The summed E-state index contributed by atoms with van der Waals surface area (Å²) in [4.78, 5) is 11.7. The fourth-order valence-electron chi connectivity index (χ4n) is 2.32. The molecule has 1 aromatic carbocycles. The molecular weight excluding hydrogens is 250 g/mol. The second kappa shape index (κ2) is 4.31. The molecule has 0 atom stereocenters. The number of aromatic nitrogens is 5. The number of pyridine rings is 1. The largest absolute Gasteiger partial charge is 0.345 e. The second-order valence-corrected chi connectivity index (χ2v) is 4.49. The van der Waals surface area contributed by atoms with Crippen LogP contribution in [0.4, 0.5) is 0 Å². The summed E-state index contributed by atoms with van der Waals surface area (Å²) in [5, 5.41) is 4.30. The van der Waals surface area contributed by atoms with Crippen LogP contribution in [0.15, 0.2) is 61.4 Å². The van der Waals surface area contributed by atoms with Gasteiger partial charge in [-0.2, -0.15) is 5.10 Å². The number of nitrogens with one attached hydrogen (secondary N) is 1. The SMILES string of the molecule is c1cncc(-c2cc(-n3cccn3)c3nc[nH]c3c2)c1. The molecule has 96 valence electrons. The molecule has 0 amide bonds. The Morgan fingerprint density at radius 2 is 2.05 bits per heavy atom. The molecule has 20 heavy (non-hydrogen) atoms. The lowest BCUT2D eigenvalue weighted by atomic mass is 10.1. The average Bonchev–Trinajstić information content (AvgIpc) is 3.18. The molecule has 0 spiro atoms. The maximum Gasteiger partial charge on any atom is 0.114 e. The highest BCUT2D eigenvalue weighted by Gasteiger charge is 2.09. The van der Waals surface area contributed by atoms with Gasteiger partial charge in [0.15, 0.2) is 0 Å². The van der Waals surface area contributed by atoms with E-state index < -0.39 is 0 Å². The summed E-state index contributed by atoms with van der Waals surface area (Å²) >= 11 is 0. The van der Waals surface area contributed by atoms with Crippen LogP contribution in [0.5, 0.6) is 0 Å². The van der Waals surface area contributed by atoms with Gasteiger partial charge in [-0.25, -0.2) is 9.67 Å². The first-order valence-corrected chi connectivity index (χ1v) is 6.29. The molecule has 0 aliphatic heterocycles. The second-order valence-electron chi connectivity index (χ2n) is 4.49. The van der Waals surface area contributed by atoms with Crippen LogP contribution in [0, 0.1) is 0 Å². The van der Waals surface area contributed by atoms with E-state index in [2.05, 4.69) is 32.2 Å². The van der Waals surface area contributed by atoms with Crippen LogP contribution in [-0.4, -0.2) is 24.7 Å². The van der Waals surface area contributed by atoms with Crippen LogP contribution >= 0.6 is 0 Å². The summed E-state index contributed by atoms with van der Waals surface area (Å²) < 4.78 is 1.82. The van der Waals surface area contributed by atoms with Gasteiger partial charge < -0.3 is 4.98 Å². The Morgan fingerprint density at radius 3 is 2.85 bits per heavy atom. The highest BCUT2D eigenvalue weighted by Crippen LogP contribution is 2.27. The van der Waals surface area contributed by atoms with E-state index in [1.165, 1.54) is 0 Å². The van der Waals surface area contributed by atoms with Gasteiger partial charge in [0.2, 0.25) is 0 Å². The minimum absolute atomic E-state index is 0.904. The van der Waals surface area contributed by atoms with Crippen LogP contribution in [-0.2, 0) is 0 Å². The molecule has 0 bridgehead atoms. The number of aromatic amines is 1. The number of fused-ring (bicyclic) bond motifs is 1. The van der Waals surface area contributed by atoms with Crippen molar-refractivity contribution < 1.29 is 0 Å². The molecule has 3 aromatic heterocycles. The lowest BCUT2D eigenvalue weighted by molar-refractivity contribution is 0.886. The fraction of sp³-hybridized carbons (Fsp3) is 0. The van der Waals surface area contributed by atoms with Crippen molar-refractivity contribution in [3.63, 3.8) is 0 Å². The van der Waals surface area contributed by atoms with Gasteiger partial charge in [-0.3, -0.25) is 4.98 Å². The zero-order valence-electron chi connectivity index (χ0n) is 10.6. The van der Waals surface area contributed by atoms with Crippen molar-refractivity contribution in [3.05, 3.63) is 61.4 Å². The van der Waals surface area contributed by atoms with Gasteiger partial charge in [0.05, 0.1) is 17.5 Å². The molecule has 0 saturated carbocycles. The Labute approximate surface area is 114 Å². The minimum atomic E-state index is 0.904. The van der Waals surface area contributed by atoms with Crippen molar-refractivity contribution in [3.8, 4) is 16.8 Å². The highest BCUT2D eigenvalue weighted by molar-refractivity contribution is 5.89. The highest BCUT2D eigenvalue weighted by atomic mass is 15.3. The van der Waals surface area contributed by atoms with E-state index >= 15 is 0 Å². The molecule has 0 radical (unpaired) electrons. The zero-order chi connectivity index (χ0) is 13.4. The monoisotopic (exact) mass is 261 g/mol. The van der Waals surface area contributed by atoms with Gasteiger partial charge >= 0.3 is 0 Å². The predicted molar refractivity (Wildman–Crippen MR) is 76.4 cm³/mol. The number of imidazole rings is 1. The van der Waals surface area contributed by atoms with E-state index in [0.717, 1.165) is 27.8 Å². The Morgan fingerprint density at radius 1 is 1.05 bits per heavy atom. The Kier molecular flexibility index (Phi) is 2.35. The maximum absolute atomic E-state index is 4.38. The first-order chi connectivity index (χ1) is 9.92. The van der Waals surface area contributed by atoms with E-state index in [1.807, 2.05) is 35.3 Å². The van der Waals surface area contributed by atoms with E-state index in [1.54, 1.807) is 18.7 Å². The quantitative estimate of drug-likeness (QED) is 0.603. The first-order valence-electron chi connectivity index (χ1n) is 6.29. The minimum Gasteiger partial charge on any atom is -0.345 e. The number of rotatable bonds is 2. The Bertz CT molecular complexity index is 847. The fourth-order valence-corrected chi connectivity index (χ4v) is 2.32. The number of hydrogen-bond donors (Lipinski definition) is 1. The zero-order valence-corrected chi connectivity index (χ0v) is 10.6. The normalized spacial score (nSPS) is 11.0. The molecule has 0 fully saturated rings. The van der Waals surface area contributed by atoms with Crippen molar-refractivity contribution >= 4 is 11.0 Å². The smallest absolute Gasteiger partial charge is 0.114 e. The third kappa shape index (κ3) is 1.68. The molecule has 0 unspecified atom stereocenters. The van der Waals surface area contributed by atoms with E-state index in [-0.39, 0.29) is 0 Å². The molecule has 4 aromatic rings. The van der Waals surface area contributed by atoms with Crippen LogP contribution in [0.1, 0.15) is 0 Å². The summed E-state index contributed by atoms with van der Waals surface area (Å²) in [7, 11) is 0. The van der Waals surface area contributed by atoms with Crippen molar-refractivity contribution in [2.75, 3.05) is 0 Å². The molecule has 0 aliphatic rings. The van der Waals surface area contributed by atoms with E-state index in [0.29, 0.717) is 0 Å². The van der Waals surface area contributed by atoms with Crippen LogP contribution in [0.3, 0.4) is 0 Å². The van der Waals surface area contributed by atoms with Crippen LogP contribution in [0.25, 0.3) is 27.8 Å². The lowest BCUT2D eigenvalue weighted by Crippen LogP contribution is -1.96. The van der Waals surface area contributed by atoms with Gasteiger partial charge in [-0.1, -0.05) is 6.07 Å². The van der Waals surface area contributed by atoms with E-state index in [4.69, 9.17) is 0 Å². The Balaban J connectivity index is 2.01. The van der Waals surface area contributed by atoms with Crippen molar-refractivity contribution in [2.45, 2.75) is 0 Å². The summed E-state index contributed by atoms with van der Waals surface area (Å²) in [6.45, 7) is 0. The van der Waals surface area contributed by atoms with Gasteiger partial charge in [-0.15, -0.1) is 0 Å². The molecule has 0 aliphatic carbocycles. The number of H-pyrrole nitrogens is 1. The third-order valence-electron chi connectivity index (χ3n) is 3.25. The predicted octanol–water partition coefficient (Wildman–Crippen LogP) is 2.81. The van der Waals surface area contributed by atoms with Gasteiger partial charge in [0.25, 0.3) is 0 Å². The lowest BCUT2D eigenvalue weighted by Gasteiger charge is -2.07. The van der Waals surface area contributed by atoms with Gasteiger partial charge in [0, 0.05) is 30.4 Å². The molecule has 5 heteroatoms. The number of nitrogens with zero attached hydrogens (tertiary/aromatic N) is 4. The standard InChI is InChI=1S/C15H11N5/c1-3-11(9-16-4-1)12-7-13-15(18-10-17-13)14(8-12)20-6-2-5-19-20/h1-10H,(H,17,18). The summed E-state index contributed by atoms with van der Waals surface area (Å²) in [6.07, 6.45) is 8.99. The molecule has 5 nitrogen and oxygen atoms in total. The third-order valence-corrected chi connectivity index (χ3v) is 3.25. The topological polar surface area (TPSA) is 59.4 Å². The van der Waals surface area contributed by atoms with E-state index in [9.17, 15) is 0 Å². The van der Waals surface area contributed by atoms with Crippen molar-refractivity contribution in [1.29, 1.82) is 0 Å². The first kappa shape index (κ1) is 10.9. The maximum atomic E-state index is 4.38. The van der Waals surface area contributed by atoms with Crippen LogP contribution < -0.4 is 0 Å². The molecule has 0 saturated heterocycles. The van der Waals surface area contributed by atoms with Crippen LogP contribution in [0.2, 0.25) is 0 Å². The molecule has 1 N–H and O–H groups in total. The van der Waals surface area contributed by atoms with Gasteiger partial charge in [0.1, 0.15) is 5.52 Å². The molecule has 4 rings (SSSR count). The summed E-state index contributed by atoms with van der Waals surface area (Å²) in [5.41, 5.74) is 4.99. The average molecular weight is 261 g/mol.